The molecule has 1 aromatic carbocycles. The first-order valence-electron chi connectivity index (χ1n) is 6.53. The monoisotopic (exact) mass is 313 g/mol. The number of hydrogen-bond acceptors (Lipinski definition) is 2. The maximum absolute atomic E-state index is 5.25. The van der Waals surface area contributed by atoms with E-state index in [0.29, 0.717) is 12.1 Å². The number of nitrogens with one attached hydrogen (secondary N) is 1. The summed E-state index contributed by atoms with van der Waals surface area (Å²) in [7, 11) is 1.69. The van der Waals surface area contributed by atoms with Crippen molar-refractivity contribution in [1.82, 2.24) is 5.32 Å². The van der Waals surface area contributed by atoms with E-state index in [1.807, 2.05) is 6.07 Å². The summed E-state index contributed by atoms with van der Waals surface area (Å²) in [5.74, 6) is 1.60. The summed E-state index contributed by atoms with van der Waals surface area (Å²) in [5, 5.41) is 3.63. The first-order valence-corrected chi connectivity index (χ1v) is 7.32. The van der Waals surface area contributed by atoms with Crippen LogP contribution < -0.4 is 10.1 Å². The van der Waals surface area contributed by atoms with Gasteiger partial charge in [-0.3, -0.25) is 0 Å². The Bertz CT molecular complexity index is 379. The molecule has 0 aromatic heterocycles. The Morgan fingerprint density at radius 3 is 2.39 bits per heavy atom. The number of hydrogen-bond donors (Lipinski definition) is 1. The Balaban J connectivity index is 2.66. The Morgan fingerprint density at radius 1 is 1.22 bits per heavy atom. The van der Waals surface area contributed by atoms with Gasteiger partial charge in [-0.25, -0.2) is 0 Å². The molecule has 0 aliphatic rings. The number of benzene rings is 1. The smallest absolute Gasteiger partial charge is 0.133 e. The third-order valence-electron chi connectivity index (χ3n) is 3.04. The number of methoxy groups -OCH3 is 1. The predicted octanol–water partition coefficient (Wildman–Crippen LogP) is 4.54. The lowest BCUT2D eigenvalue weighted by atomic mass is 10.0. The van der Waals surface area contributed by atoms with Gasteiger partial charge in [-0.15, -0.1) is 0 Å². The van der Waals surface area contributed by atoms with Gasteiger partial charge in [0.1, 0.15) is 5.75 Å². The number of rotatable bonds is 6. The zero-order chi connectivity index (χ0) is 13.7. The van der Waals surface area contributed by atoms with Crippen molar-refractivity contribution in [2.24, 2.45) is 5.92 Å². The predicted molar refractivity (Wildman–Crippen MR) is 81.2 cm³/mol. The van der Waals surface area contributed by atoms with Crippen molar-refractivity contribution in [3.63, 3.8) is 0 Å². The standard InChI is InChI=1S/C15H24BrNO/c1-10(2)8-11(3)17-12(4)13-6-7-15(18-5)14(16)9-13/h6-7,9-12,17H,8H2,1-5H3. The summed E-state index contributed by atoms with van der Waals surface area (Å²) >= 11 is 3.53. The molecule has 102 valence electrons. The van der Waals surface area contributed by atoms with Crippen molar-refractivity contribution < 1.29 is 4.74 Å². The van der Waals surface area contributed by atoms with Crippen LogP contribution in [0.1, 0.15) is 45.7 Å². The molecule has 0 aliphatic heterocycles. The van der Waals surface area contributed by atoms with Crippen LogP contribution in [-0.2, 0) is 0 Å². The highest BCUT2D eigenvalue weighted by molar-refractivity contribution is 9.10. The number of halogens is 1. The summed E-state index contributed by atoms with van der Waals surface area (Å²) in [6.45, 7) is 8.96. The van der Waals surface area contributed by atoms with Gasteiger partial charge in [0.05, 0.1) is 11.6 Å². The summed E-state index contributed by atoms with van der Waals surface area (Å²) in [4.78, 5) is 0. The minimum absolute atomic E-state index is 0.348. The Kier molecular flexibility index (Phi) is 6.16. The Hall–Kier alpha value is -0.540. The van der Waals surface area contributed by atoms with Crippen LogP contribution in [-0.4, -0.2) is 13.2 Å². The molecular formula is C15H24BrNO. The fourth-order valence-electron chi connectivity index (χ4n) is 2.25. The molecular weight excluding hydrogens is 290 g/mol. The third-order valence-corrected chi connectivity index (χ3v) is 3.66. The maximum Gasteiger partial charge on any atom is 0.133 e. The van der Waals surface area contributed by atoms with Gasteiger partial charge >= 0.3 is 0 Å². The maximum atomic E-state index is 5.25. The van der Waals surface area contributed by atoms with Gasteiger partial charge in [-0.1, -0.05) is 19.9 Å². The topological polar surface area (TPSA) is 21.3 Å². The van der Waals surface area contributed by atoms with Crippen LogP contribution in [0.2, 0.25) is 0 Å². The molecule has 0 heterocycles. The minimum atomic E-state index is 0.348. The highest BCUT2D eigenvalue weighted by Gasteiger charge is 2.12. The van der Waals surface area contributed by atoms with E-state index < -0.39 is 0 Å². The quantitative estimate of drug-likeness (QED) is 0.832. The molecule has 0 saturated carbocycles. The lowest BCUT2D eigenvalue weighted by Gasteiger charge is -2.22. The minimum Gasteiger partial charge on any atom is -0.496 e. The SMILES string of the molecule is COc1ccc(C(C)NC(C)CC(C)C)cc1Br. The van der Waals surface area contributed by atoms with E-state index in [1.165, 1.54) is 12.0 Å². The van der Waals surface area contributed by atoms with Crippen LogP contribution >= 0.6 is 15.9 Å². The molecule has 3 heteroatoms. The van der Waals surface area contributed by atoms with E-state index in [-0.39, 0.29) is 0 Å². The van der Waals surface area contributed by atoms with Crippen molar-refractivity contribution in [3.05, 3.63) is 28.2 Å². The van der Waals surface area contributed by atoms with Crippen LogP contribution in [0.4, 0.5) is 0 Å². The molecule has 2 atom stereocenters. The lowest BCUT2D eigenvalue weighted by Crippen LogP contribution is -2.30. The first-order chi connectivity index (χ1) is 8.43. The summed E-state index contributed by atoms with van der Waals surface area (Å²) in [5.41, 5.74) is 1.28. The molecule has 2 nitrogen and oxygen atoms in total. The van der Waals surface area contributed by atoms with Gasteiger partial charge in [0.15, 0.2) is 0 Å². The van der Waals surface area contributed by atoms with Gasteiger partial charge in [0.2, 0.25) is 0 Å². The van der Waals surface area contributed by atoms with Crippen LogP contribution in [0, 0.1) is 5.92 Å². The van der Waals surface area contributed by atoms with Crippen molar-refractivity contribution in [3.8, 4) is 5.75 Å². The molecule has 0 fully saturated rings. The first kappa shape index (κ1) is 15.5. The second kappa shape index (κ2) is 7.15. The highest BCUT2D eigenvalue weighted by Crippen LogP contribution is 2.28. The van der Waals surface area contributed by atoms with E-state index in [9.17, 15) is 0 Å². The van der Waals surface area contributed by atoms with Crippen LogP contribution in [0.25, 0.3) is 0 Å². The van der Waals surface area contributed by atoms with Crippen LogP contribution in [0.15, 0.2) is 22.7 Å². The molecule has 0 radical (unpaired) electrons. The second-order valence-electron chi connectivity index (χ2n) is 5.31. The Morgan fingerprint density at radius 2 is 1.89 bits per heavy atom. The normalized spacial score (nSPS) is 14.6. The largest absolute Gasteiger partial charge is 0.496 e. The second-order valence-corrected chi connectivity index (χ2v) is 6.17. The summed E-state index contributed by atoms with van der Waals surface area (Å²) in [6.07, 6.45) is 1.20. The molecule has 0 amide bonds. The van der Waals surface area contributed by atoms with Crippen LogP contribution in [0.5, 0.6) is 5.75 Å². The van der Waals surface area contributed by atoms with Gasteiger partial charge in [0, 0.05) is 12.1 Å². The van der Waals surface area contributed by atoms with E-state index in [2.05, 4.69) is 61.1 Å². The summed E-state index contributed by atoms with van der Waals surface area (Å²) < 4.78 is 6.25. The molecule has 0 spiro atoms. The highest BCUT2D eigenvalue weighted by atomic mass is 79.9. The fourth-order valence-corrected chi connectivity index (χ4v) is 2.81. The van der Waals surface area contributed by atoms with Crippen molar-refractivity contribution in [2.45, 2.75) is 46.2 Å². The number of ether oxygens (including phenoxy) is 1. The van der Waals surface area contributed by atoms with Crippen molar-refractivity contribution >= 4 is 15.9 Å². The molecule has 18 heavy (non-hydrogen) atoms. The van der Waals surface area contributed by atoms with Gasteiger partial charge in [0.25, 0.3) is 0 Å². The molecule has 1 rings (SSSR count). The third kappa shape index (κ3) is 4.62. The van der Waals surface area contributed by atoms with Gasteiger partial charge < -0.3 is 10.1 Å². The molecule has 2 unspecified atom stereocenters. The Labute approximate surface area is 119 Å². The lowest BCUT2D eigenvalue weighted by molar-refractivity contribution is 0.403. The van der Waals surface area contributed by atoms with Crippen molar-refractivity contribution in [1.29, 1.82) is 0 Å². The zero-order valence-electron chi connectivity index (χ0n) is 12.0. The molecule has 1 aromatic rings. The average molecular weight is 314 g/mol. The summed E-state index contributed by atoms with van der Waals surface area (Å²) in [6, 6.07) is 7.12. The van der Waals surface area contributed by atoms with Gasteiger partial charge in [-0.05, 0) is 59.8 Å². The fraction of sp³-hybridized carbons (Fsp3) is 0.600. The molecule has 1 N–H and O–H groups in total. The van der Waals surface area contributed by atoms with E-state index in [0.717, 1.165) is 16.1 Å². The average Bonchev–Trinajstić information content (AvgIpc) is 2.27. The van der Waals surface area contributed by atoms with E-state index >= 15 is 0 Å². The van der Waals surface area contributed by atoms with E-state index in [4.69, 9.17) is 4.74 Å². The van der Waals surface area contributed by atoms with Crippen LogP contribution in [0.3, 0.4) is 0 Å². The zero-order valence-corrected chi connectivity index (χ0v) is 13.5. The van der Waals surface area contributed by atoms with Gasteiger partial charge in [-0.2, -0.15) is 0 Å². The molecule has 0 aliphatic carbocycles. The van der Waals surface area contributed by atoms with Crippen molar-refractivity contribution in [2.75, 3.05) is 7.11 Å². The molecule has 0 saturated heterocycles. The molecule has 0 bridgehead atoms. The van der Waals surface area contributed by atoms with E-state index in [1.54, 1.807) is 7.11 Å².